The van der Waals surface area contributed by atoms with Crippen molar-refractivity contribution in [1.82, 2.24) is 15.5 Å². The maximum absolute atomic E-state index is 12.1. The Labute approximate surface area is 122 Å². The van der Waals surface area contributed by atoms with Crippen LogP contribution in [-0.2, 0) is 16.1 Å². The van der Waals surface area contributed by atoms with E-state index in [2.05, 4.69) is 15.5 Å². The lowest BCUT2D eigenvalue weighted by Crippen LogP contribution is -2.43. The summed E-state index contributed by atoms with van der Waals surface area (Å²) >= 11 is 0. The SMILES string of the molecule is C[C@]1(C(=O)NCc2ccc(-c3ncon3)cc2)CCCO1. The fourth-order valence-corrected chi connectivity index (χ4v) is 2.40. The van der Waals surface area contributed by atoms with Gasteiger partial charge in [-0.2, -0.15) is 4.98 Å². The molecular formula is C15H17N3O3. The summed E-state index contributed by atoms with van der Waals surface area (Å²) in [7, 11) is 0. The number of aromatic nitrogens is 2. The number of ether oxygens (including phenoxy) is 1. The number of benzene rings is 1. The second-order valence-electron chi connectivity index (χ2n) is 5.32. The molecular weight excluding hydrogens is 270 g/mol. The highest BCUT2D eigenvalue weighted by Gasteiger charge is 2.37. The second-order valence-corrected chi connectivity index (χ2v) is 5.32. The van der Waals surface area contributed by atoms with Gasteiger partial charge in [-0.3, -0.25) is 4.79 Å². The van der Waals surface area contributed by atoms with E-state index in [1.165, 1.54) is 6.39 Å². The molecule has 1 saturated heterocycles. The summed E-state index contributed by atoms with van der Waals surface area (Å²) < 4.78 is 10.2. The van der Waals surface area contributed by atoms with E-state index in [1.807, 2.05) is 31.2 Å². The summed E-state index contributed by atoms with van der Waals surface area (Å²) in [6.45, 7) is 2.97. The average Bonchev–Trinajstić information content (AvgIpc) is 3.17. The molecule has 1 atom stereocenters. The van der Waals surface area contributed by atoms with E-state index in [0.29, 0.717) is 19.0 Å². The number of hydrogen-bond acceptors (Lipinski definition) is 5. The van der Waals surface area contributed by atoms with Crippen LogP contribution in [0.3, 0.4) is 0 Å². The van der Waals surface area contributed by atoms with Crippen molar-refractivity contribution in [1.29, 1.82) is 0 Å². The van der Waals surface area contributed by atoms with Gasteiger partial charge in [0.1, 0.15) is 5.60 Å². The fourth-order valence-electron chi connectivity index (χ4n) is 2.40. The van der Waals surface area contributed by atoms with Gasteiger partial charge in [0, 0.05) is 18.7 Å². The largest absolute Gasteiger partial charge is 0.365 e. The van der Waals surface area contributed by atoms with E-state index in [0.717, 1.165) is 24.0 Å². The van der Waals surface area contributed by atoms with Crippen molar-refractivity contribution in [3.05, 3.63) is 36.2 Å². The molecule has 6 heteroatoms. The van der Waals surface area contributed by atoms with Crippen molar-refractivity contribution in [3.8, 4) is 11.4 Å². The minimum Gasteiger partial charge on any atom is -0.365 e. The normalized spacial score (nSPS) is 21.4. The van der Waals surface area contributed by atoms with Crippen molar-refractivity contribution in [2.24, 2.45) is 0 Å². The monoisotopic (exact) mass is 287 g/mol. The number of amides is 1. The van der Waals surface area contributed by atoms with Crippen molar-refractivity contribution in [2.75, 3.05) is 6.61 Å². The van der Waals surface area contributed by atoms with Crippen LogP contribution in [0.2, 0.25) is 0 Å². The molecule has 1 N–H and O–H groups in total. The van der Waals surface area contributed by atoms with Crippen LogP contribution in [0.1, 0.15) is 25.3 Å². The van der Waals surface area contributed by atoms with Gasteiger partial charge >= 0.3 is 0 Å². The lowest BCUT2D eigenvalue weighted by atomic mass is 10.0. The van der Waals surface area contributed by atoms with Gasteiger partial charge in [-0.1, -0.05) is 29.4 Å². The lowest BCUT2D eigenvalue weighted by Gasteiger charge is -2.21. The zero-order valence-electron chi connectivity index (χ0n) is 11.8. The summed E-state index contributed by atoms with van der Waals surface area (Å²) in [6.07, 6.45) is 3.00. The number of nitrogens with one attached hydrogen (secondary N) is 1. The quantitative estimate of drug-likeness (QED) is 0.929. The summed E-state index contributed by atoms with van der Waals surface area (Å²) in [6, 6.07) is 7.67. The first-order chi connectivity index (χ1) is 10.2. The van der Waals surface area contributed by atoms with Crippen molar-refractivity contribution in [3.63, 3.8) is 0 Å². The van der Waals surface area contributed by atoms with Gasteiger partial charge < -0.3 is 14.6 Å². The molecule has 0 saturated carbocycles. The van der Waals surface area contributed by atoms with Crippen LogP contribution >= 0.6 is 0 Å². The van der Waals surface area contributed by atoms with E-state index in [-0.39, 0.29) is 5.91 Å². The lowest BCUT2D eigenvalue weighted by molar-refractivity contribution is -0.139. The Morgan fingerprint density at radius 2 is 2.19 bits per heavy atom. The molecule has 1 fully saturated rings. The van der Waals surface area contributed by atoms with Crippen LogP contribution < -0.4 is 5.32 Å². The average molecular weight is 287 g/mol. The molecule has 2 aromatic rings. The maximum Gasteiger partial charge on any atom is 0.252 e. The van der Waals surface area contributed by atoms with Crippen molar-refractivity contribution >= 4 is 5.91 Å². The maximum atomic E-state index is 12.1. The molecule has 1 aliphatic heterocycles. The summed E-state index contributed by atoms with van der Waals surface area (Å²) in [4.78, 5) is 16.1. The Morgan fingerprint density at radius 1 is 1.38 bits per heavy atom. The zero-order chi connectivity index (χ0) is 14.7. The van der Waals surface area contributed by atoms with E-state index in [1.54, 1.807) is 0 Å². The number of carbonyl (C=O) groups is 1. The highest BCUT2D eigenvalue weighted by molar-refractivity contribution is 5.85. The molecule has 1 aliphatic rings. The van der Waals surface area contributed by atoms with Crippen LogP contribution in [0.5, 0.6) is 0 Å². The number of hydrogen-bond donors (Lipinski definition) is 1. The zero-order valence-corrected chi connectivity index (χ0v) is 11.8. The molecule has 3 rings (SSSR count). The molecule has 2 heterocycles. The first-order valence-electron chi connectivity index (χ1n) is 6.95. The van der Waals surface area contributed by atoms with Gasteiger partial charge in [-0.15, -0.1) is 0 Å². The van der Waals surface area contributed by atoms with Gasteiger partial charge in [0.05, 0.1) is 0 Å². The highest BCUT2D eigenvalue weighted by Crippen LogP contribution is 2.25. The smallest absolute Gasteiger partial charge is 0.252 e. The molecule has 0 radical (unpaired) electrons. The standard InChI is InChI=1S/C15H17N3O3/c1-15(7-2-8-20-15)14(19)16-9-11-3-5-12(6-4-11)13-17-10-21-18-13/h3-6,10H,2,7-9H2,1H3,(H,16,19)/t15-/m1/s1. The van der Waals surface area contributed by atoms with Crippen LogP contribution in [0.15, 0.2) is 35.2 Å². The highest BCUT2D eigenvalue weighted by atomic mass is 16.5. The van der Waals surface area contributed by atoms with Gasteiger partial charge in [-0.05, 0) is 25.3 Å². The first kappa shape index (κ1) is 13.8. The molecule has 0 spiro atoms. The Kier molecular flexibility index (Phi) is 3.70. The second kappa shape index (κ2) is 5.65. The third-order valence-electron chi connectivity index (χ3n) is 3.73. The molecule has 110 valence electrons. The molecule has 0 unspecified atom stereocenters. The molecule has 1 aromatic heterocycles. The van der Waals surface area contributed by atoms with Crippen molar-refractivity contribution < 1.29 is 14.1 Å². The van der Waals surface area contributed by atoms with Crippen molar-refractivity contribution in [2.45, 2.75) is 31.9 Å². The molecule has 0 bridgehead atoms. The summed E-state index contributed by atoms with van der Waals surface area (Å²) in [5.74, 6) is 0.500. The van der Waals surface area contributed by atoms with Gasteiger partial charge in [0.2, 0.25) is 12.2 Å². The Hall–Kier alpha value is -2.21. The first-order valence-corrected chi connectivity index (χ1v) is 6.95. The van der Waals surface area contributed by atoms with Gasteiger partial charge in [-0.25, -0.2) is 0 Å². The van der Waals surface area contributed by atoms with Crippen LogP contribution in [-0.4, -0.2) is 28.3 Å². The predicted molar refractivity (Wildman–Crippen MR) is 75.2 cm³/mol. The van der Waals surface area contributed by atoms with Gasteiger partial charge in [0.25, 0.3) is 5.91 Å². The number of nitrogens with zero attached hydrogens (tertiary/aromatic N) is 2. The molecule has 6 nitrogen and oxygen atoms in total. The minimum atomic E-state index is -0.676. The molecule has 1 amide bonds. The van der Waals surface area contributed by atoms with Crippen LogP contribution in [0.4, 0.5) is 0 Å². The van der Waals surface area contributed by atoms with E-state index in [4.69, 9.17) is 9.26 Å². The fraction of sp³-hybridized carbons (Fsp3) is 0.400. The third kappa shape index (κ3) is 2.95. The van der Waals surface area contributed by atoms with Crippen LogP contribution in [0, 0.1) is 0 Å². The summed E-state index contributed by atoms with van der Waals surface area (Å²) in [5, 5.41) is 6.70. The van der Waals surface area contributed by atoms with E-state index >= 15 is 0 Å². The topological polar surface area (TPSA) is 77.3 Å². The third-order valence-corrected chi connectivity index (χ3v) is 3.73. The Morgan fingerprint density at radius 3 is 2.81 bits per heavy atom. The minimum absolute atomic E-state index is 0.0535. The van der Waals surface area contributed by atoms with Crippen LogP contribution in [0.25, 0.3) is 11.4 Å². The van der Waals surface area contributed by atoms with E-state index < -0.39 is 5.60 Å². The predicted octanol–water partition coefficient (Wildman–Crippen LogP) is 1.92. The summed E-state index contributed by atoms with van der Waals surface area (Å²) in [5.41, 5.74) is 1.21. The number of carbonyl (C=O) groups excluding carboxylic acids is 1. The molecule has 0 aliphatic carbocycles. The molecule has 1 aromatic carbocycles. The Balaban J connectivity index is 1.60. The van der Waals surface area contributed by atoms with E-state index in [9.17, 15) is 4.79 Å². The number of rotatable bonds is 4. The van der Waals surface area contributed by atoms with Gasteiger partial charge in [0.15, 0.2) is 0 Å². The molecule has 21 heavy (non-hydrogen) atoms. The Bertz CT molecular complexity index is 602.